The van der Waals surface area contributed by atoms with E-state index in [2.05, 4.69) is 36.3 Å². The standard InChI is InChI=1S/C19H33N3O4S3/c1-5-8-27-10-7-16-21-22-17(29-16)20-18(23)24-11-15-12-25-19(4,26-15)14(3)13-28-9-6-2/h14-15H,5-13H2,1-4H3,(H,20,22,23). The van der Waals surface area contributed by atoms with Gasteiger partial charge < -0.3 is 14.2 Å². The molecule has 10 heteroatoms. The summed E-state index contributed by atoms with van der Waals surface area (Å²) in [6.45, 7) is 9.01. The van der Waals surface area contributed by atoms with Crippen LogP contribution in [0.25, 0.3) is 0 Å². The molecule has 0 aromatic carbocycles. The number of nitrogens with one attached hydrogen (secondary N) is 1. The Labute approximate surface area is 186 Å². The molecular formula is C19H33N3O4S3. The monoisotopic (exact) mass is 463 g/mol. The van der Waals surface area contributed by atoms with Crippen LogP contribution in [0.5, 0.6) is 0 Å². The van der Waals surface area contributed by atoms with E-state index in [9.17, 15) is 4.79 Å². The number of aryl methyl sites for hydroxylation is 1. The molecule has 0 bridgehead atoms. The molecule has 1 aliphatic rings. The molecule has 0 radical (unpaired) electrons. The molecule has 1 aromatic heterocycles. The molecule has 0 saturated carbocycles. The van der Waals surface area contributed by atoms with Crippen molar-refractivity contribution in [1.82, 2.24) is 10.2 Å². The summed E-state index contributed by atoms with van der Waals surface area (Å²) in [6.07, 6.45) is 2.39. The summed E-state index contributed by atoms with van der Waals surface area (Å²) in [5.74, 6) is 3.91. The van der Waals surface area contributed by atoms with Gasteiger partial charge in [0, 0.05) is 18.1 Å². The molecule has 1 amide bonds. The number of anilines is 1. The van der Waals surface area contributed by atoms with Crippen LogP contribution in [0.2, 0.25) is 0 Å². The highest BCUT2D eigenvalue weighted by molar-refractivity contribution is 7.99. The Kier molecular flexibility index (Phi) is 11.1. The van der Waals surface area contributed by atoms with Gasteiger partial charge in [-0.05, 0) is 37.0 Å². The molecule has 2 rings (SSSR count). The number of hydrogen-bond donors (Lipinski definition) is 1. The van der Waals surface area contributed by atoms with E-state index in [0.29, 0.717) is 11.7 Å². The van der Waals surface area contributed by atoms with Gasteiger partial charge in [-0.3, -0.25) is 5.32 Å². The number of amides is 1. The lowest BCUT2D eigenvalue weighted by atomic mass is 10.1. The van der Waals surface area contributed by atoms with Crippen LogP contribution in [0.1, 0.15) is 45.5 Å². The largest absolute Gasteiger partial charge is 0.446 e. The molecule has 3 atom stereocenters. The second kappa shape index (κ2) is 13.0. The van der Waals surface area contributed by atoms with Crippen LogP contribution in [0.3, 0.4) is 0 Å². The van der Waals surface area contributed by atoms with Crippen molar-refractivity contribution in [1.29, 1.82) is 0 Å². The lowest BCUT2D eigenvalue weighted by Crippen LogP contribution is -2.37. The second-order valence-corrected chi connectivity index (χ2v) is 10.6. The van der Waals surface area contributed by atoms with E-state index in [-0.39, 0.29) is 18.6 Å². The summed E-state index contributed by atoms with van der Waals surface area (Å²) >= 11 is 5.19. The third kappa shape index (κ3) is 8.61. The predicted molar refractivity (Wildman–Crippen MR) is 122 cm³/mol. The van der Waals surface area contributed by atoms with Gasteiger partial charge in [-0.2, -0.15) is 23.5 Å². The summed E-state index contributed by atoms with van der Waals surface area (Å²) in [5.41, 5.74) is 0. The summed E-state index contributed by atoms with van der Waals surface area (Å²) < 4.78 is 17.2. The Balaban J connectivity index is 1.67. The number of rotatable bonds is 13. The van der Waals surface area contributed by atoms with E-state index in [1.165, 1.54) is 17.8 Å². The molecule has 166 valence electrons. The van der Waals surface area contributed by atoms with Crippen molar-refractivity contribution in [3.63, 3.8) is 0 Å². The lowest BCUT2D eigenvalue weighted by molar-refractivity contribution is -0.184. The molecule has 1 aromatic rings. The van der Waals surface area contributed by atoms with Gasteiger partial charge in [-0.15, -0.1) is 10.2 Å². The maximum absolute atomic E-state index is 12.0. The van der Waals surface area contributed by atoms with Crippen molar-refractivity contribution in [3.05, 3.63) is 5.01 Å². The van der Waals surface area contributed by atoms with Gasteiger partial charge in [0.1, 0.15) is 17.7 Å². The minimum absolute atomic E-state index is 0.148. The van der Waals surface area contributed by atoms with Gasteiger partial charge >= 0.3 is 6.09 Å². The molecule has 29 heavy (non-hydrogen) atoms. The normalized spacial score (nSPS) is 22.6. The number of carbonyl (C=O) groups is 1. The first-order valence-electron chi connectivity index (χ1n) is 10.2. The highest BCUT2D eigenvalue weighted by atomic mass is 32.2. The Hall–Kier alpha value is -0.550. The number of hydrogen-bond acceptors (Lipinski definition) is 9. The van der Waals surface area contributed by atoms with Crippen molar-refractivity contribution < 1.29 is 19.0 Å². The molecular weight excluding hydrogens is 430 g/mol. The zero-order valence-electron chi connectivity index (χ0n) is 17.8. The van der Waals surface area contributed by atoms with Crippen LogP contribution in [0, 0.1) is 5.92 Å². The van der Waals surface area contributed by atoms with Gasteiger partial charge in [-0.25, -0.2) is 4.79 Å². The first kappa shape index (κ1) is 24.7. The van der Waals surface area contributed by atoms with Gasteiger partial charge in [0.15, 0.2) is 5.79 Å². The van der Waals surface area contributed by atoms with Gasteiger partial charge in [0.2, 0.25) is 5.13 Å². The number of carbonyl (C=O) groups excluding carboxylic acids is 1. The second-order valence-electron chi connectivity index (χ2n) is 7.13. The summed E-state index contributed by atoms with van der Waals surface area (Å²) in [5, 5.41) is 12.1. The summed E-state index contributed by atoms with van der Waals surface area (Å²) in [6, 6.07) is 0. The van der Waals surface area contributed by atoms with Gasteiger partial charge in [0.25, 0.3) is 0 Å². The van der Waals surface area contributed by atoms with Crippen molar-refractivity contribution in [2.24, 2.45) is 5.92 Å². The molecule has 2 heterocycles. The van der Waals surface area contributed by atoms with Crippen molar-refractivity contribution in [3.8, 4) is 0 Å². The number of aromatic nitrogens is 2. The topological polar surface area (TPSA) is 82.6 Å². The number of ether oxygens (including phenoxy) is 3. The van der Waals surface area contributed by atoms with E-state index in [1.807, 2.05) is 30.4 Å². The van der Waals surface area contributed by atoms with Crippen molar-refractivity contribution in [2.45, 2.75) is 58.8 Å². The van der Waals surface area contributed by atoms with Crippen LogP contribution < -0.4 is 5.32 Å². The molecule has 1 saturated heterocycles. The Morgan fingerprint density at radius 3 is 2.83 bits per heavy atom. The van der Waals surface area contributed by atoms with Crippen LogP contribution in [-0.2, 0) is 20.6 Å². The van der Waals surface area contributed by atoms with Crippen LogP contribution in [0.15, 0.2) is 0 Å². The minimum Gasteiger partial charge on any atom is -0.446 e. The Morgan fingerprint density at radius 1 is 1.31 bits per heavy atom. The minimum atomic E-state index is -0.630. The van der Waals surface area contributed by atoms with E-state index in [4.69, 9.17) is 14.2 Å². The van der Waals surface area contributed by atoms with Crippen LogP contribution in [0.4, 0.5) is 9.93 Å². The Morgan fingerprint density at radius 2 is 2.07 bits per heavy atom. The van der Waals surface area contributed by atoms with Gasteiger partial charge in [-0.1, -0.05) is 32.1 Å². The molecule has 0 spiro atoms. The molecule has 3 unspecified atom stereocenters. The quantitative estimate of drug-likeness (QED) is 0.422. The predicted octanol–water partition coefficient (Wildman–Crippen LogP) is 4.68. The summed E-state index contributed by atoms with van der Waals surface area (Å²) in [4.78, 5) is 12.0. The highest BCUT2D eigenvalue weighted by Gasteiger charge is 2.42. The maximum atomic E-state index is 12.0. The van der Waals surface area contributed by atoms with E-state index in [0.717, 1.165) is 40.9 Å². The van der Waals surface area contributed by atoms with E-state index < -0.39 is 11.9 Å². The van der Waals surface area contributed by atoms with Crippen molar-refractivity contribution >= 4 is 46.1 Å². The highest BCUT2D eigenvalue weighted by Crippen LogP contribution is 2.33. The molecule has 1 aliphatic heterocycles. The van der Waals surface area contributed by atoms with Gasteiger partial charge in [0.05, 0.1) is 6.61 Å². The fourth-order valence-electron chi connectivity index (χ4n) is 2.66. The number of thioether (sulfide) groups is 2. The SMILES string of the molecule is CCCSCCc1nnc(NC(=O)OCC2COC(C)(C(C)CSCCC)O2)s1. The average Bonchev–Trinajstić information content (AvgIpc) is 3.31. The fourth-order valence-corrected chi connectivity index (χ4v) is 5.45. The van der Waals surface area contributed by atoms with E-state index in [1.54, 1.807) is 0 Å². The maximum Gasteiger partial charge on any atom is 0.413 e. The smallest absolute Gasteiger partial charge is 0.413 e. The average molecular weight is 464 g/mol. The molecule has 7 nitrogen and oxygen atoms in total. The molecule has 0 aliphatic carbocycles. The third-order valence-electron chi connectivity index (χ3n) is 4.45. The number of nitrogens with zero attached hydrogens (tertiary/aromatic N) is 2. The zero-order chi connectivity index (χ0) is 21.1. The fraction of sp³-hybridized carbons (Fsp3) is 0.842. The first-order valence-corrected chi connectivity index (χ1v) is 13.3. The molecule has 1 N–H and O–H groups in total. The zero-order valence-corrected chi connectivity index (χ0v) is 20.2. The van der Waals surface area contributed by atoms with E-state index >= 15 is 0 Å². The first-order chi connectivity index (χ1) is 14.0. The van der Waals surface area contributed by atoms with Crippen LogP contribution in [-0.4, -0.2) is 64.4 Å². The molecule has 1 fully saturated rings. The third-order valence-corrected chi connectivity index (χ3v) is 7.97. The van der Waals surface area contributed by atoms with Crippen LogP contribution >= 0.6 is 34.9 Å². The summed E-state index contributed by atoms with van der Waals surface area (Å²) in [7, 11) is 0. The lowest BCUT2D eigenvalue weighted by Gasteiger charge is -2.30. The Bertz CT molecular complexity index is 619. The van der Waals surface area contributed by atoms with Crippen molar-refractivity contribution in [2.75, 3.05) is 41.5 Å².